The quantitative estimate of drug-likeness (QED) is 0.570. The van der Waals surface area contributed by atoms with Gasteiger partial charge in [-0.15, -0.1) is 0 Å². The Labute approximate surface area is 89.3 Å². The van der Waals surface area contributed by atoms with Crippen LogP contribution in [-0.2, 0) is 0 Å². The SMILES string of the molecule is CCC(C)(C)CC(F)C(C)(CC)CC. The van der Waals surface area contributed by atoms with Crippen molar-refractivity contribution in [1.82, 2.24) is 0 Å². The molecule has 0 amide bonds. The predicted octanol–water partition coefficient (Wildman–Crippen LogP) is 4.98. The van der Waals surface area contributed by atoms with Gasteiger partial charge in [0.1, 0.15) is 6.17 Å². The number of hydrogen-bond acceptors (Lipinski definition) is 0. The van der Waals surface area contributed by atoms with Crippen LogP contribution in [0.5, 0.6) is 0 Å². The predicted molar refractivity (Wildman–Crippen MR) is 62.3 cm³/mol. The zero-order valence-corrected chi connectivity index (χ0v) is 10.8. The van der Waals surface area contributed by atoms with Crippen LogP contribution in [0.1, 0.15) is 67.2 Å². The first kappa shape index (κ1) is 13.9. The summed E-state index contributed by atoms with van der Waals surface area (Å²) in [4.78, 5) is 0. The molecule has 14 heavy (non-hydrogen) atoms. The van der Waals surface area contributed by atoms with E-state index in [4.69, 9.17) is 0 Å². The standard InChI is InChI=1S/C13H27F/c1-7-12(4,5)10-11(14)13(6,8-2)9-3/h11H,7-10H2,1-6H3. The number of hydrogen-bond donors (Lipinski definition) is 0. The van der Waals surface area contributed by atoms with Gasteiger partial charge in [0.05, 0.1) is 0 Å². The van der Waals surface area contributed by atoms with Crippen LogP contribution in [0.4, 0.5) is 4.39 Å². The molecule has 1 atom stereocenters. The van der Waals surface area contributed by atoms with E-state index in [-0.39, 0.29) is 10.8 Å². The molecule has 0 aromatic heterocycles. The van der Waals surface area contributed by atoms with Crippen molar-refractivity contribution in [2.45, 2.75) is 73.4 Å². The van der Waals surface area contributed by atoms with Crippen molar-refractivity contribution in [1.29, 1.82) is 0 Å². The number of alkyl halides is 1. The zero-order valence-electron chi connectivity index (χ0n) is 10.8. The van der Waals surface area contributed by atoms with Crippen molar-refractivity contribution >= 4 is 0 Å². The summed E-state index contributed by atoms with van der Waals surface area (Å²) in [6.07, 6.45) is 2.96. The molecule has 1 unspecified atom stereocenters. The first-order valence-corrected chi connectivity index (χ1v) is 5.95. The van der Waals surface area contributed by atoms with Gasteiger partial charge in [0, 0.05) is 0 Å². The molecule has 0 rings (SSSR count). The van der Waals surface area contributed by atoms with E-state index in [0.29, 0.717) is 6.42 Å². The second kappa shape index (κ2) is 5.14. The molecule has 86 valence electrons. The fourth-order valence-corrected chi connectivity index (χ4v) is 1.57. The minimum atomic E-state index is -0.660. The largest absolute Gasteiger partial charge is 0.247 e. The van der Waals surface area contributed by atoms with E-state index in [1.807, 2.05) is 0 Å². The van der Waals surface area contributed by atoms with E-state index in [2.05, 4.69) is 41.5 Å². The minimum Gasteiger partial charge on any atom is -0.247 e. The summed E-state index contributed by atoms with van der Waals surface area (Å²) in [6.45, 7) is 12.7. The molecular weight excluding hydrogens is 175 g/mol. The molecule has 0 aromatic carbocycles. The van der Waals surface area contributed by atoms with Crippen molar-refractivity contribution < 1.29 is 4.39 Å². The van der Waals surface area contributed by atoms with E-state index in [0.717, 1.165) is 19.3 Å². The maximum atomic E-state index is 14.1. The molecule has 1 heteroatoms. The molecule has 0 heterocycles. The van der Waals surface area contributed by atoms with E-state index in [9.17, 15) is 4.39 Å². The average Bonchev–Trinajstić information content (AvgIpc) is 2.16. The number of halogens is 1. The van der Waals surface area contributed by atoms with Crippen LogP contribution in [0.15, 0.2) is 0 Å². The van der Waals surface area contributed by atoms with Gasteiger partial charge >= 0.3 is 0 Å². The minimum absolute atomic E-state index is 0.119. The van der Waals surface area contributed by atoms with Crippen LogP contribution >= 0.6 is 0 Å². The molecule has 0 aromatic rings. The monoisotopic (exact) mass is 202 g/mol. The Morgan fingerprint density at radius 1 is 0.929 bits per heavy atom. The van der Waals surface area contributed by atoms with Crippen molar-refractivity contribution in [3.8, 4) is 0 Å². The highest BCUT2D eigenvalue weighted by atomic mass is 19.1. The lowest BCUT2D eigenvalue weighted by Crippen LogP contribution is -2.31. The van der Waals surface area contributed by atoms with Gasteiger partial charge < -0.3 is 0 Å². The average molecular weight is 202 g/mol. The van der Waals surface area contributed by atoms with Crippen molar-refractivity contribution in [2.75, 3.05) is 0 Å². The maximum Gasteiger partial charge on any atom is 0.106 e. The van der Waals surface area contributed by atoms with Gasteiger partial charge in [-0.1, -0.05) is 48.0 Å². The first-order chi connectivity index (χ1) is 6.31. The third kappa shape index (κ3) is 3.59. The highest BCUT2D eigenvalue weighted by molar-refractivity contribution is 4.84. The molecular formula is C13H27F. The van der Waals surface area contributed by atoms with Gasteiger partial charge in [-0.25, -0.2) is 4.39 Å². The fraction of sp³-hybridized carbons (Fsp3) is 1.00. The zero-order chi connectivity index (χ0) is 11.4. The topological polar surface area (TPSA) is 0 Å². The maximum absolute atomic E-state index is 14.1. The van der Waals surface area contributed by atoms with Gasteiger partial charge in [0.25, 0.3) is 0 Å². The number of rotatable bonds is 6. The fourth-order valence-electron chi connectivity index (χ4n) is 1.57. The molecule has 0 aliphatic heterocycles. The lowest BCUT2D eigenvalue weighted by atomic mass is 9.73. The third-order valence-electron chi connectivity index (χ3n) is 4.06. The first-order valence-electron chi connectivity index (χ1n) is 5.95. The molecule has 0 spiro atoms. The summed E-state index contributed by atoms with van der Waals surface area (Å²) in [5.41, 5.74) is 0.0253. The van der Waals surface area contributed by atoms with Crippen LogP contribution < -0.4 is 0 Å². The van der Waals surface area contributed by atoms with Gasteiger partial charge in [-0.2, -0.15) is 0 Å². The summed E-state index contributed by atoms with van der Waals surface area (Å²) < 4.78 is 14.1. The highest BCUT2D eigenvalue weighted by Gasteiger charge is 2.34. The Morgan fingerprint density at radius 3 is 1.64 bits per heavy atom. The van der Waals surface area contributed by atoms with Crippen LogP contribution in [-0.4, -0.2) is 6.17 Å². The third-order valence-corrected chi connectivity index (χ3v) is 4.06. The highest BCUT2D eigenvalue weighted by Crippen LogP contribution is 2.39. The van der Waals surface area contributed by atoms with E-state index in [1.54, 1.807) is 0 Å². The molecule has 0 fully saturated rings. The summed E-state index contributed by atoms with van der Waals surface area (Å²) in [6, 6.07) is 0. The molecule has 0 radical (unpaired) electrons. The van der Waals surface area contributed by atoms with Crippen molar-refractivity contribution in [2.24, 2.45) is 10.8 Å². The van der Waals surface area contributed by atoms with Crippen LogP contribution in [0, 0.1) is 10.8 Å². The Bertz CT molecular complexity index is 157. The van der Waals surface area contributed by atoms with Crippen molar-refractivity contribution in [3.63, 3.8) is 0 Å². The summed E-state index contributed by atoms with van der Waals surface area (Å²) >= 11 is 0. The van der Waals surface area contributed by atoms with Gasteiger partial charge in [0.15, 0.2) is 0 Å². The normalized spacial score (nSPS) is 15.6. The van der Waals surface area contributed by atoms with Crippen molar-refractivity contribution in [3.05, 3.63) is 0 Å². The molecule has 0 aliphatic carbocycles. The summed E-state index contributed by atoms with van der Waals surface area (Å²) in [7, 11) is 0. The van der Waals surface area contributed by atoms with E-state index >= 15 is 0 Å². The Balaban J connectivity index is 4.39. The molecule has 0 aliphatic rings. The van der Waals surface area contributed by atoms with Crippen LogP contribution in [0.25, 0.3) is 0 Å². The molecule has 0 bridgehead atoms. The second-order valence-electron chi connectivity index (χ2n) is 5.55. The van der Waals surface area contributed by atoms with Crippen LogP contribution in [0.3, 0.4) is 0 Å². The second-order valence-corrected chi connectivity index (χ2v) is 5.55. The molecule has 0 nitrogen and oxygen atoms in total. The molecule has 0 saturated carbocycles. The Morgan fingerprint density at radius 2 is 1.36 bits per heavy atom. The molecule has 0 saturated heterocycles. The van der Waals surface area contributed by atoms with Gasteiger partial charge in [-0.05, 0) is 30.1 Å². The lowest BCUT2D eigenvalue weighted by Gasteiger charge is -2.35. The van der Waals surface area contributed by atoms with E-state index < -0.39 is 6.17 Å². The van der Waals surface area contributed by atoms with Crippen LogP contribution in [0.2, 0.25) is 0 Å². The summed E-state index contributed by atoms with van der Waals surface area (Å²) in [5.74, 6) is 0. The van der Waals surface area contributed by atoms with E-state index in [1.165, 1.54) is 0 Å². The van der Waals surface area contributed by atoms with Gasteiger partial charge in [0.2, 0.25) is 0 Å². The smallest absolute Gasteiger partial charge is 0.106 e. The van der Waals surface area contributed by atoms with Gasteiger partial charge in [-0.3, -0.25) is 0 Å². The summed E-state index contributed by atoms with van der Waals surface area (Å²) in [5, 5.41) is 0. The lowest BCUT2D eigenvalue weighted by molar-refractivity contribution is 0.0677. The Hall–Kier alpha value is -0.0700. The Kier molecular flexibility index (Phi) is 5.11. The molecule has 0 N–H and O–H groups in total.